The Labute approximate surface area is 115 Å². The van der Waals surface area contributed by atoms with Crippen molar-refractivity contribution in [2.75, 3.05) is 31.6 Å². The summed E-state index contributed by atoms with van der Waals surface area (Å²) in [7, 11) is 0. The molecule has 0 heterocycles. The number of nitrogens with one attached hydrogen (secondary N) is 1. The van der Waals surface area contributed by atoms with E-state index in [1.165, 1.54) is 4.90 Å². The molecule has 0 unspecified atom stereocenters. The summed E-state index contributed by atoms with van der Waals surface area (Å²) in [5, 5.41) is 20.4. The van der Waals surface area contributed by atoms with Gasteiger partial charge in [0.15, 0.2) is 0 Å². The number of carbonyl (C=O) groups excluding carboxylic acids is 1. The van der Waals surface area contributed by atoms with Crippen molar-refractivity contribution in [1.82, 2.24) is 4.90 Å². The van der Waals surface area contributed by atoms with Gasteiger partial charge >= 0.3 is 6.03 Å². The molecule has 3 N–H and O–H groups in total. The van der Waals surface area contributed by atoms with Crippen LogP contribution < -0.4 is 5.32 Å². The van der Waals surface area contributed by atoms with Gasteiger partial charge in [-0.3, -0.25) is 0 Å². The molecule has 0 radical (unpaired) electrons. The van der Waals surface area contributed by atoms with Crippen molar-refractivity contribution in [2.24, 2.45) is 0 Å². The molecular weight excluding hydrogens is 300 g/mol. The number of hydrogen-bond acceptors (Lipinski definition) is 3. The predicted molar refractivity (Wildman–Crippen MR) is 73.5 cm³/mol. The molecule has 0 spiro atoms. The second-order valence-electron chi connectivity index (χ2n) is 3.73. The van der Waals surface area contributed by atoms with Gasteiger partial charge < -0.3 is 20.4 Å². The maximum atomic E-state index is 11.9. The Morgan fingerprint density at radius 3 is 2.67 bits per heavy atom. The van der Waals surface area contributed by atoms with E-state index in [1.54, 1.807) is 12.1 Å². The van der Waals surface area contributed by atoms with Crippen LogP contribution in [0.15, 0.2) is 28.7 Å². The first-order chi connectivity index (χ1) is 8.67. The predicted octanol–water partition coefficient (Wildman–Crippen LogP) is 1.66. The summed E-state index contributed by atoms with van der Waals surface area (Å²) in [5.74, 6) is 0. The normalized spacial score (nSPS) is 10.2. The first-order valence-corrected chi connectivity index (χ1v) is 6.50. The highest BCUT2D eigenvalue weighted by Crippen LogP contribution is 2.16. The van der Waals surface area contributed by atoms with E-state index in [4.69, 9.17) is 10.2 Å². The van der Waals surface area contributed by atoms with Gasteiger partial charge in [-0.05, 0) is 24.6 Å². The van der Waals surface area contributed by atoms with E-state index in [1.807, 2.05) is 12.1 Å². The van der Waals surface area contributed by atoms with Crippen molar-refractivity contribution in [3.8, 4) is 0 Å². The van der Waals surface area contributed by atoms with Crippen LogP contribution in [0.5, 0.6) is 0 Å². The number of aliphatic hydroxyl groups excluding tert-OH is 2. The monoisotopic (exact) mass is 316 g/mol. The minimum atomic E-state index is -0.282. The Kier molecular flexibility index (Phi) is 6.70. The third kappa shape index (κ3) is 5.03. The minimum absolute atomic E-state index is 0.0199. The fourth-order valence-electron chi connectivity index (χ4n) is 1.47. The highest BCUT2D eigenvalue weighted by Gasteiger charge is 2.12. The molecule has 1 aromatic rings. The average molecular weight is 317 g/mol. The lowest BCUT2D eigenvalue weighted by molar-refractivity contribution is 0.180. The van der Waals surface area contributed by atoms with Crippen molar-refractivity contribution >= 4 is 27.6 Å². The minimum Gasteiger partial charge on any atom is -0.396 e. The van der Waals surface area contributed by atoms with E-state index in [2.05, 4.69) is 21.2 Å². The van der Waals surface area contributed by atoms with Crippen molar-refractivity contribution in [3.05, 3.63) is 28.7 Å². The number of nitrogens with zero attached hydrogens (tertiary/aromatic N) is 1. The van der Waals surface area contributed by atoms with E-state index in [9.17, 15) is 4.79 Å². The fraction of sp³-hybridized carbons (Fsp3) is 0.417. The Morgan fingerprint density at radius 2 is 2.06 bits per heavy atom. The molecule has 1 rings (SSSR count). The Hall–Kier alpha value is -1.11. The maximum Gasteiger partial charge on any atom is 0.321 e. The van der Waals surface area contributed by atoms with Gasteiger partial charge in [-0.2, -0.15) is 0 Å². The van der Waals surface area contributed by atoms with Gasteiger partial charge in [-0.1, -0.05) is 22.0 Å². The third-order valence-electron chi connectivity index (χ3n) is 2.32. The summed E-state index contributed by atoms with van der Waals surface area (Å²) < 4.78 is 0.879. The molecular formula is C12H17BrN2O3. The van der Waals surface area contributed by atoms with E-state index >= 15 is 0 Å². The van der Waals surface area contributed by atoms with Gasteiger partial charge in [-0.15, -0.1) is 0 Å². The second kappa shape index (κ2) is 8.07. The molecule has 2 amide bonds. The number of urea groups is 1. The number of amides is 2. The van der Waals surface area contributed by atoms with Gasteiger partial charge in [0, 0.05) is 29.9 Å². The number of anilines is 1. The zero-order valence-corrected chi connectivity index (χ0v) is 11.6. The van der Waals surface area contributed by atoms with Crippen molar-refractivity contribution < 1.29 is 15.0 Å². The lowest BCUT2D eigenvalue weighted by Crippen LogP contribution is -2.38. The molecule has 1 aromatic carbocycles. The van der Waals surface area contributed by atoms with Gasteiger partial charge in [0.2, 0.25) is 0 Å². The zero-order chi connectivity index (χ0) is 13.4. The van der Waals surface area contributed by atoms with Gasteiger partial charge in [0.05, 0.1) is 6.61 Å². The van der Waals surface area contributed by atoms with Gasteiger partial charge in [-0.25, -0.2) is 4.79 Å². The van der Waals surface area contributed by atoms with E-state index in [-0.39, 0.29) is 25.8 Å². The molecule has 0 saturated heterocycles. The first kappa shape index (κ1) is 14.9. The third-order valence-corrected chi connectivity index (χ3v) is 2.81. The van der Waals surface area contributed by atoms with Crippen molar-refractivity contribution in [2.45, 2.75) is 6.42 Å². The summed E-state index contributed by atoms with van der Waals surface area (Å²) in [4.78, 5) is 13.4. The smallest absolute Gasteiger partial charge is 0.321 e. The lowest BCUT2D eigenvalue weighted by Gasteiger charge is -2.21. The van der Waals surface area contributed by atoms with Gasteiger partial charge in [0.1, 0.15) is 0 Å². The van der Waals surface area contributed by atoms with E-state index < -0.39 is 0 Å². The molecule has 18 heavy (non-hydrogen) atoms. The van der Waals surface area contributed by atoms with Crippen LogP contribution in [-0.2, 0) is 0 Å². The van der Waals surface area contributed by atoms with Crippen molar-refractivity contribution in [3.63, 3.8) is 0 Å². The fourth-order valence-corrected chi connectivity index (χ4v) is 1.87. The molecule has 0 atom stereocenters. The molecule has 100 valence electrons. The largest absolute Gasteiger partial charge is 0.396 e. The van der Waals surface area contributed by atoms with Crippen LogP contribution >= 0.6 is 15.9 Å². The Morgan fingerprint density at radius 1 is 1.28 bits per heavy atom. The highest BCUT2D eigenvalue weighted by molar-refractivity contribution is 9.10. The summed E-state index contributed by atoms with van der Waals surface area (Å²) >= 11 is 3.32. The van der Waals surface area contributed by atoms with Crippen LogP contribution in [0, 0.1) is 0 Å². The molecule has 0 aliphatic carbocycles. The molecule has 0 aromatic heterocycles. The summed E-state index contributed by atoms with van der Waals surface area (Å²) in [6, 6.07) is 6.99. The second-order valence-corrected chi connectivity index (χ2v) is 4.64. The first-order valence-electron chi connectivity index (χ1n) is 5.70. The van der Waals surface area contributed by atoms with Gasteiger partial charge in [0.25, 0.3) is 0 Å². The van der Waals surface area contributed by atoms with Crippen LogP contribution in [0.4, 0.5) is 10.5 Å². The summed E-state index contributed by atoms with van der Waals surface area (Å²) in [6.45, 7) is 0.583. The number of rotatable bonds is 6. The molecule has 0 aliphatic heterocycles. The summed E-state index contributed by atoms with van der Waals surface area (Å²) in [5.41, 5.74) is 0.682. The van der Waals surface area contributed by atoms with E-state index in [0.29, 0.717) is 18.7 Å². The lowest BCUT2D eigenvalue weighted by atomic mass is 10.3. The number of hydrogen-bond donors (Lipinski definition) is 3. The molecule has 5 nitrogen and oxygen atoms in total. The van der Waals surface area contributed by atoms with Crippen LogP contribution in [0.2, 0.25) is 0 Å². The van der Waals surface area contributed by atoms with Crippen LogP contribution in [-0.4, -0.2) is 47.4 Å². The molecule has 0 fully saturated rings. The van der Waals surface area contributed by atoms with Crippen LogP contribution in [0.25, 0.3) is 0 Å². The van der Waals surface area contributed by atoms with Crippen LogP contribution in [0.1, 0.15) is 6.42 Å². The highest BCUT2D eigenvalue weighted by atomic mass is 79.9. The standard InChI is InChI=1S/C12H17BrN2O3/c13-10-3-1-4-11(9-10)14-12(18)15(6-8-17)5-2-7-16/h1,3-4,9,16-17H,2,5-8H2,(H,14,18). The zero-order valence-electron chi connectivity index (χ0n) is 9.97. The van der Waals surface area contributed by atoms with Crippen LogP contribution in [0.3, 0.4) is 0 Å². The van der Waals surface area contributed by atoms with Crippen molar-refractivity contribution in [1.29, 1.82) is 0 Å². The Balaban J connectivity index is 2.60. The number of benzene rings is 1. The average Bonchev–Trinajstić information content (AvgIpc) is 2.34. The molecule has 6 heteroatoms. The number of halogens is 1. The summed E-state index contributed by atoms with van der Waals surface area (Å²) in [6.07, 6.45) is 0.492. The number of aliphatic hydroxyl groups is 2. The SMILES string of the molecule is O=C(Nc1cccc(Br)c1)N(CCO)CCCO. The Bertz CT molecular complexity index is 387. The topological polar surface area (TPSA) is 72.8 Å². The quantitative estimate of drug-likeness (QED) is 0.747. The molecule has 0 saturated carbocycles. The molecule has 0 bridgehead atoms. The van der Waals surface area contributed by atoms with E-state index in [0.717, 1.165) is 4.47 Å². The maximum absolute atomic E-state index is 11.9. The number of carbonyl (C=O) groups is 1. The molecule has 0 aliphatic rings.